The SMILES string of the molecule is COC(=O)c1sccc1NC(=O)N1CCc2cn(C)c3cccc(c23)C1. The maximum absolute atomic E-state index is 12.8. The number of carbonyl (C=O) groups excluding carboxylic acids is 2. The standard InChI is InChI=1S/C19H19N3O3S/c1-21-10-13-6-8-22(11-12-4-3-5-15(21)16(12)13)19(24)20-14-7-9-26-17(14)18(23)25-2/h3-5,7,9-10H,6,8,11H2,1-2H3,(H,20,24). The van der Waals surface area contributed by atoms with Gasteiger partial charge in [0.2, 0.25) is 0 Å². The Kier molecular flexibility index (Phi) is 4.16. The second-order valence-corrected chi connectivity index (χ2v) is 7.25. The summed E-state index contributed by atoms with van der Waals surface area (Å²) in [7, 11) is 3.38. The molecule has 26 heavy (non-hydrogen) atoms. The molecule has 1 N–H and O–H groups in total. The van der Waals surface area contributed by atoms with E-state index in [1.54, 1.807) is 16.3 Å². The molecule has 4 rings (SSSR count). The fraction of sp³-hybridized carbons (Fsp3) is 0.263. The van der Waals surface area contributed by atoms with E-state index < -0.39 is 5.97 Å². The summed E-state index contributed by atoms with van der Waals surface area (Å²) in [4.78, 5) is 26.8. The Labute approximate surface area is 155 Å². The number of hydrogen-bond donors (Lipinski definition) is 1. The molecule has 134 valence electrons. The minimum absolute atomic E-state index is 0.208. The minimum atomic E-state index is -0.441. The van der Waals surface area contributed by atoms with Crippen LogP contribution in [0.3, 0.4) is 0 Å². The van der Waals surface area contributed by atoms with Crippen LogP contribution in [0.25, 0.3) is 10.9 Å². The van der Waals surface area contributed by atoms with Crippen LogP contribution in [0, 0.1) is 0 Å². The lowest BCUT2D eigenvalue weighted by molar-refractivity contribution is 0.0607. The Bertz CT molecular complexity index is 1000. The van der Waals surface area contributed by atoms with Crippen LogP contribution >= 0.6 is 11.3 Å². The third-order valence-electron chi connectivity index (χ3n) is 4.76. The number of urea groups is 1. The molecule has 2 amide bonds. The molecule has 0 unspecified atom stereocenters. The first kappa shape index (κ1) is 16.7. The summed E-state index contributed by atoms with van der Waals surface area (Å²) in [6.45, 7) is 1.16. The number of benzene rings is 1. The fourth-order valence-corrected chi connectivity index (χ4v) is 4.27. The van der Waals surface area contributed by atoms with Crippen LogP contribution < -0.4 is 5.32 Å². The molecule has 0 radical (unpaired) electrons. The van der Waals surface area contributed by atoms with Gasteiger partial charge in [-0.2, -0.15) is 0 Å². The van der Waals surface area contributed by atoms with Gasteiger partial charge in [-0.05, 0) is 35.1 Å². The van der Waals surface area contributed by atoms with Crippen molar-refractivity contribution in [2.75, 3.05) is 19.0 Å². The summed E-state index contributed by atoms with van der Waals surface area (Å²) in [6, 6.07) is 7.72. The van der Waals surface area contributed by atoms with Crippen molar-refractivity contribution >= 4 is 39.9 Å². The first-order chi connectivity index (χ1) is 12.6. The molecule has 0 atom stereocenters. The number of thiophene rings is 1. The number of esters is 1. The molecular formula is C19H19N3O3S. The molecule has 1 aliphatic rings. The van der Waals surface area contributed by atoms with Crippen LogP contribution in [0.1, 0.15) is 20.8 Å². The van der Waals surface area contributed by atoms with E-state index in [9.17, 15) is 9.59 Å². The zero-order valence-electron chi connectivity index (χ0n) is 14.6. The van der Waals surface area contributed by atoms with Crippen molar-refractivity contribution in [3.8, 4) is 0 Å². The molecule has 0 saturated heterocycles. The minimum Gasteiger partial charge on any atom is -0.465 e. The molecule has 0 spiro atoms. The fourth-order valence-electron chi connectivity index (χ4n) is 3.51. The molecule has 6 nitrogen and oxygen atoms in total. The number of methoxy groups -OCH3 is 1. The lowest BCUT2D eigenvalue weighted by Crippen LogP contribution is -2.35. The van der Waals surface area contributed by atoms with E-state index in [-0.39, 0.29) is 6.03 Å². The Hall–Kier alpha value is -2.80. The van der Waals surface area contributed by atoms with E-state index in [1.165, 1.54) is 34.9 Å². The van der Waals surface area contributed by atoms with E-state index in [1.807, 2.05) is 13.1 Å². The Morgan fingerprint density at radius 3 is 2.88 bits per heavy atom. The van der Waals surface area contributed by atoms with Gasteiger partial charge >= 0.3 is 12.0 Å². The molecule has 3 aromatic rings. The molecule has 3 heterocycles. The monoisotopic (exact) mass is 369 g/mol. The van der Waals surface area contributed by atoms with Crippen molar-refractivity contribution in [1.82, 2.24) is 9.47 Å². The largest absolute Gasteiger partial charge is 0.465 e. The van der Waals surface area contributed by atoms with Crippen LogP contribution in [0.15, 0.2) is 35.8 Å². The van der Waals surface area contributed by atoms with E-state index >= 15 is 0 Å². The smallest absolute Gasteiger partial charge is 0.350 e. The predicted octanol–water partition coefficient (Wildman–Crippen LogP) is 3.62. The van der Waals surface area contributed by atoms with Crippen LogP contribution in [-0.4, -0.2) is 35.1 Å². The maximum atomic E-state index is 12.8. The van der Waals surface area contributed by atoms with Crippen LogP contribution in [0.5, 0.6) is 0 Å². The molecular weight excluding hydrogens is 350 g/mol. The number of carbonyl (C=O) groups is 2. The first-order valence-electron chi connectivity index (χ1n) is 8.36. The number of rotatable bonds is 2. The molecule has 0 saturated carbocycles. The van der Waals surface area contributed by atoms with Gasteiger partial charge in [0, 0.05) is 37.2 Å². The summed E-state index contributed by atoms with van der Waals surface area (Å²) in [5.74, 6) is -0.441. The van der Waals surface area contributed by atoms with E-state index in [4.69, 9.17) is 4.74 Å². The predicted molar refractivity (Wildman–Crippen MR) is 102 cm³/mol. The van der Waals surface area contributed by atoms with E-state index in [0.29, 0.717) is 23.7 Å². The molecule has 1 aliphatic heterocycles. The van der Waals surface area contributed by atoms with Crippen LogP contribution in [0.4, 0.5) is 10.5 Å². The highest BCUT2D eigenvalue weighted by Gasteiger charge is 2.23. The Balaban J connectivity index is 1.59. The summed E-state index contributed by atoms with van der Waals surface area (Å²) in [5.41, 5.74) is 4.08. The van der Waals surface area contributed by atoms with Crippen molar-refractivity contribution in [1.29, 1.82) is 0 Å². The third kappa shape index (κ3) is 2.74. The van der Waals surface area contributed by atoms with Gasteiger partial charge in [0.15, 0.2) is 0 Å². The summed E-state index contributed by atoms with van der Waals surface area (Å²) in [6.07, 6.45) is 2.94. The van der Waals surface area contributed by atoms with Gasteiger partial charge in [0.1, 0.15) is 4.88 Å². The normalized spacial score (nSPS) is 13.5. The summed E-state index contributed by atoms with van der Waals surface area (Å²) < 4.78 is 6.90. The van der Waals surface area contributed by atoms with Gasteiger partial charge in [-0.15, -0.1) is 11.3 Å². The molecule has 0 fully saturated rings. The van der Waals surface area contributed by atoms with Crippen molar-refractivity contribution in [2.45, 2.75) is 13.0 Å². The lowest BCUT2D eigenvalue weighted by atomic mass is 10.1. The number of hydrogen-bond acceptors (Lipinski definition) is 4. The number of amides is 2. The second kappa shape index (κ2) is 6.49. The molecule has 0 aliphatic carbocycles. The van der Waals surface area contributed by atoms with Gasteiger partial charge in [0.25, 0.3) is 0 Å². The van der Waals surface area contributed by atoms with Gasteiger partial charge in [-0.1, -0.05) is 12.1 Å². The topological polar surface area (TPSA) is 63.6 Å². The lowest BCUT2D eigenvalue weighted by Gasteiger charge is -2.21. The summed E-state index contributed by atoms with van der Waals surface area (Å²) in [5, 5.41) is 5.87. The third-order valence-corrected chi connectivity index (χ3v) is 5.65. The molecule has 7 heteroatoms. The Morgan fingerprint density at radius 2 is 2.08 bits per heavy atom. The van der Waals surface area contributed by atoms with Crippen molar-refractivity contribution < 1.29 is 14.3 Å². The number of ether oxygens (including phenoxy) is 1. The van der Waals surface area contributed by atoms with Gasteiger partial charge in [-0.25, -0.2) is 9.59 Å². The first-order valence-corrected chi connectivity index (χ1v) is 9.24. The average molecular weight is 369 g/mol. The zero-order valence-corrected chi connectivity index (χ0v) is 15.4. The van der Waals surface area contributed by atoms with Gasteiger partial charge in [0.05, 0.1) is 12.8 Å². The second-order valence-electron chi connectivity index (χ2n) is 6.33. The quantitative estimate of drug-likeness (QED) is 0.702. The molecule has 0 bridgehead atoms. The summed E-state index contributed by atoms with van der Waals surface area (Å²) >= 11 is 1.25. The highest BCUT2D eigenvalue weighted by Crippen LogP contribution is 2.29. The van der Waals surface area contributed by atoms with E-state index in [2.05, 4.69) is 28.2 Å². The highest BCUT2D eigenvalue weighted by molar-refractivity contribution is 7.12. The van der Waals surface area contributed by atoms with Gasteiger partial charge in [-0.3, -0.25) is 0 Å². The van der Waals surface area contributed by atoms with Gasteiger partial charge < -0.3 is 19.5 Å². The van der Waals surface area contributed by atoms with Crippen molar-refractivity contribution in [2.24, 2.45) is 7.05 Å². The van der Waals surface area contributed by atoms with Crippen molar-refractivity contribution in [3.63, 3.8) is 0 Å². The average Bonchev–Trinajstić information content (AvgIpc) is 3.17. The molecule has 1 aromatic carbocycles. The zero-order chi connectivity index (χ0) is 18.3. The van der Waals surface area contributed by atoms with E-state index in [0.717, 1.165) is 12.0 Å². The number of anilines is 1. The van der Waals surface area contributed by atoms with Crippen LogP contribution in [0.2, 0.25) is 0 Å². The Morgan fingerprint density at radius 1 is 1.23 bits per heavy atom. The molecule has 2 aromatic heterocycles. The highest BCUT2D eigenvalue weighted by atomic mass is 32.1. The number of nitrogens with one attached hydrogen (secondary N) is 1. The number of nitrogens with zero attached hydrogens (tertiary/aromatic N) is 2. The number of aromatic nitrogens is 1. The maximum Gasteiger partial charge on any atom is 0.350 e. The number of aryl methyl sites for hydroxylation is 1. The van der Waals surface area contributed by atoms with Crippen LogP contribution in [-0.2, 0) is 24.8 Å². The van der Waals surface area contributed by atoms with Crippen molar-refractivity contribution in [3.05, 3.63) is 51.8 Å².